The van der Waals surface area contributed by atoms with Crippen LogP contribution in [0.1, 0.15) is 13.8 Å². The molecule has 0 aromatic rings. The first-order valence-corrected chi connectivity index (χ1v) is 8.56. The molecule has 23 heavy (non-hydrogen) atoms. The third-order valence-corrected chi connectivity index (χ3v) is 7.16. The van der Waals surface area contributed by atoms with E-state index in [2.05, 4.69) is 0 Å². The molecule has 2 aliphatic rings. The Labute approximate surface area is 134 Å². The number of rotatable bonds is 5. The normalized spacial score (nSPS) is 30.7. The summed E-state index contributed by atoms with van der Waals surface area (Å²) >= 11 is 0. The SMILES string of the molecule is CN(C)CC(=O)OC[C@H]1C(=O)N2[C@@H](C(=O)O)C(C)(C)S(=O)(=O)[C@H]12. The smallest absolute Gasteiger partial charge is 0.328 e. The number of fused-ring (bicyclic) bond motifs is 1. The maximum absolute atomic E-state index is 12.6. The van der Waals surface area contributed by atoms with Crippen molar-refractivity contribution in [1.29, 1.82) is 0 Å². The van der Waals surface area contributed by atoms with Crippen molar-refractivity contribution in [2.24, 2.45) is 5.92 Å². The van der Waals surface area contributed by atoms with Crippen molar-refractivity contribution >= 4 is 27.7 Å². The number of amides is 1. The molecular weight excluding hydrogens is 328 g/mol. The van der Waals surface area contributed by atoms with Crippen molar-refractivity contribution in [2.45, 2.75) is 30.0 Å². The zero-order chi connectivity index (χ0) is 17.7. The molecule has 0 aliphatic carbocycles. The molecule has 0 spiro atoms. The zero-order valence-corrected chi connectivity index (χ0v) is 14.2. The molecule has 2 rings (SSSR count). The van der Waals surface area contributed by atoms with Crippen LogP contribution in [0.25, 0.3) is 0 Å². The van der Waals surface area contributed by atoms with Gasteiger partial charge in [-0.15, -0.1) is 0 Å². The summed E-state index contributed by atoms with van der Waals surface area (Å²) in [7, 11) is -0.559. The molecule has 10 heteroatoms. The molecule has 0 aromatic heterocycles. The van der Waals surface area contributed by atoms with Crippen LogP contribution in [0, 0.1) is 5.92 Å². The van der Waals surface area contributed by atoms with Gasteiger partial charge in [-0.3, -0.25) is 14.5 Å². The number of β-lactam (4-membered cyclic amide) rings is 1. The van der Waals surface area contributed by atoms with E-state index in [-0.39, 0.29) is 13.2 Å². The Morgan fingerprint density at radius 3 is 2.39 bits per heavy atom. The van der Waals surface area contributed by atoms with E-state index < -0.39 is 49.8 Å². The molecule has 130 valence electrons. The van der Waals surface area contributed by atoms with Gasteiger partial charge in [0.2, 0.25) is 5.91 Å². The topological polar surface area (TPSA) is 121 Å². The van der Waals surface area contributed by atoms with Gasteiger partial charge in [0.15, 0.2) is 15.2 Å². The average Bonchev–Trinajstić information content (AvgIpc) is 2.52. The number of sulfone groups is 1. The predicted octanol–water partition coefficient (Wildman–Crippen LogP) is -1.46. The van der Waals surface area contributed by atoms with Gasteiger partial charge in [0.1, 0.15) is 18.6 Å². The zero-order valence-electron chi connectivity index (χ0n) is 13.3. The summed E-state index contributed by atoms with van der Waals surface area (Å²) in [6, 6.07) is -1.43. The number of esters is 1. The Kier molecular flexibility index (Phi) is 4.18. The second kappa shape index (κ2) is 5.45. The monoisotopic (exact) mass is 348 g/mol. The van der Waals surface area contributed by atoms with Crippen molar-refractivity contribution in [3.05, 3.63) is 0 Å². The van der Waals surface area contributed by atoms with Gasteiger partial charge in [-0.05, 0) is 27.9 Å². The Morgan fingerprint density at radius 1 is 1.35 bits per heavy atom. The van der Waals surface area contributed by atoms with Crippen LogP contribution in [0.3, 0.4) is 0 Å². The van der Waals surface area contributed by atoms with Crippen molar-refractivity contribution < 1.29 is 32.6 Å². The van der Waals surface area contributed by atoms with Crippen molar-refractivity contribution in [1.82, 2.24) is 9.80 Å². The number of ether oxygens (including phenoxy) is 1. The van der Waals surface area contributed by atoms with Crippen LogP contribution in [0.15, 0.2) is 0 Å². The van der Waals surface area contributed by atoms with Gasteiger partial charge in [-0.2, -0.15) is 0 Å². The number of hydrogen-bond donors (Lipinski definition) is 1. The van der Waals surface area contributed by atoms with E-state index in [0.717, 1.165) is 4.90 Å². The summed E-state index contributed by atoms with van der Waals surface area (Å²) < 4.78 is 28.5. The molecule has 0 unspecified atom stereocenters. The number of carbonyl (C=O) groups excluding carboxylic acids is 2. The fourth-order valence-electron chi connectivity index (χ4n) is 3.05. The number of hydrogen-bond acceptors (Lipinski definition) is 7. The van der Waals surface area contributed by atoms with Crippen LogP contribution in [0.4, 0.5) is 0 Å². The van der Waals surface area contributed by atoms with Crippen LogP contribution in [-0.4, -0.2) is 84.6 Å². The van der Waals surface area contributed by atoms with Gasteiger partial charge in [-0.25, -0.2) is 13.2 Å². The summed E-state index contributed by atoms with van der Waals surface area (Å²) in [6.07, 6.45) is 0. The second-order valence-electron chi connectivity index (χ2n) is 6.55. The number of carboxylic acids is 1. The molecule has 0 bridgehead atoms. The van der Waals surface area contributed by atoms with E-state index in [1.165, 1.54) is 13.8 Å². The van der Waals surface area contributed by atoms with Crippen LogP contribution in [0.5, 0.6) is 0 Å². The predicted molar refractivity (Wildman–Crippen MR) is 78.1 cm³/mol. The highest BCUT2D eigenvalue weighted by Crippen LogP contribution is 2.48. The first kappa shape index (κ1) is 17.7. The molecule has 0 radical (unpaired) electrons. The fourth-order valence-corrected chi connectivity index (χ4v) is 5.35. The molecule has 2 heterocycles. The number of likely N-dealkylation sites (N-methyl/N-ethyl adjacent to an activating group) is 1. The van der Waals surface area contributed by atoms with Crippen LogP contribution in [0.2, 0.25) is 0 Å². The first-order valence-electron chi connectivity index (χ1n) is 7.01. The molecule has 0 aromatic carbocycles. The lowest BCUT2D eigenvalue weighted by molar-refractivity contribution is -0.168. The summed E-state index contributed by atoms with van der Waals surface area (Å²) in [5.41, 5.74) is 0. The molecular formula is C13H20N2O7S. The highest BCUT2D eigenvalue weighted by Gasteiger charge is 2.72. The van der Waals surface area contributed by atoms with E-state index >= 15 is 0 Å². The minimum Gasteiger partial charge on any atom is -0.480 e. The Bertz CT molecular complexity index is 655. The summed E-state index contributed by atoms with van der Waals surface area (Å²) in [6.45, 7) is 2.23. The fraction of sp³-hybridized carbons (Fsp3) is 0.769. The molecule has 9 nitrogen and oxygen atoms in total. The quantitative estimate of drug-likeness (QED) is 0.472. The Hall–Kier alpha value is -1.68. The molecule has 2 aliphatic heterocycles. The summed E-state index contributed by atoms with van der Waals surface area (Å²) in [5, 5.41) is 8.02. The van der Waals surface area contributed by atoms with E-state index in [9.17, 15) is 27.9 Å². The molecule has 3 atom stereocenters. The Balaban J connectivity index is 2.18. The van der Waals surface area contributed by atoms with Gasteiger partial charge in [0.25, 0.3) is 0 Å². The number of aliphatic carboxylic acids is 1. The maximum atomic E-state index is 12.6. The van der Waals surface area contributed by atoms with E-state index in [0.29, 0.717) is 0 Å². The third-order valence-electron chi connectivity index (χ3n) is 4.28. The Morgan fingerprint density at radius 2 is 1.91 bits per heavy atom. The van der Waals surface area contributed by atoms with Gasteiger partial charge < -0.3 is 14.7 Å². The third kappa shape index (κ3) is 2.49. The van der Waals surface area contributed by atoms with E-state index in [4.69, 9.17) is 4.74 Å². The van der Waals surface area contributed by atoms with Crippen molar-refractivity contribution in [3.63, 3.8) is 0 Å². The van der Waals surface area contributed by atoms with Gasteiger partial charge in [0.05, 0.1) is 11.3 Å². The lowest BCUT2D eigenvalue weighted by atomic mass is 9.92. The molecule has 0 saturated carbocycles. The van der Waals surface area contributed by atoms with Gasteiger partial charge in [-0.1, -0.05) is 0 Å². The van der Waals surface area contributed by atoms with E-state index in [1.54, 1.807) is 19.0 Å². The number of carbonyl (C=O) groups is 3. The lowest BCUT2D eigenvalue weighted by Crippen LogP contribution is -2.64. The van der Waals surface area contributed by atoms with Gasteiger partial charge in [0, 0.05) is 0 Å². The molecule has 1 amide bonds. The number of carboxylic acid groups (broad SMARTS) is 1. The van der Waals surface area contributed by atoms with Crippen LogP contribution >= 0.6 is 0 Å². The minimum absolute atomic E-state index is 0.00524. The molecule has 1 N–H and O–H groups in total. The van der Waals surface area contributed by atoms with Crippen LogP contribution in [-0.2, 0) is 29.0 Å². The minimum atomic E-state index is -3.89. The second-order valence-corrected chi connectivity index (χ2v) is 9.18. The highest BCUT2D eigenvalue weighted by molar-refractivity contribution is 7.93. The summed E-state index contributed by atoms with van der Waals surface area (Å²) in [5.74, 6) is -3.60. The number of nitrogens with zero attached hydrogens (tertiary/aromatic N) is 2. The first-order chi connectivity index (χ1) is 10.4. The van der Waals surface area contributed by atoms with E-state index in [1.807, 2.05) is 0 Å². The van der Waals surface area contributed by atoms with Crippen LogP contribution < -0.4 is 0 Å². The van der Waals surface area contributed by atoms with Gasteiger partial charge >= 0.3 is 11.9 Å². The highest BCUT2D eigenvalue weighted by atomic mass is 32.2. The molecule has 2 fully saturated rings. The standard InChI is InChI=1S/C13H20N2O7S/c1-13(2)9(12(18)19)15-10(17)7(11(15)23(13,20)21)6-22-8(16)5-14(3)4/h7,9,11H,5-6H2,1-4H3,(H,18,19)/t7-,9-,11+/m0/s1. The average molecular weight is 348 g/mol. The summed E-state index contributed by atoms with van der Waals surface area (Å²) in [4.78, 5) is 37.5. The van der Waals surface area contributed by atoms with Crippen molar-refractivity contribution in [3.8, 4) is 0 Å². The molecule has 2 saturated heterocycles. The maximum Gasteiger partial charge on any atom is 0.328 e. The lowest BCUT2D eigenvalue weighted by Gasteiger charge is -2.42. The largest absolute Gasteiger partial charge is 0.480 e. The van der Waals surface area contributed by atoms with Crippen molar-refractivity contribution in [2.75, 3.05) is 27.2 Å².